The van der Waals surface area contributed by atoms with Crippen molar-refractivity contribution >= 4 is 27.6 Å². The summed E-state index contributed by atoms with van der Waals surface area (Å²) in [7, 11) is -4.63. The lowest BCUT2D eigenvalue weighted by atomic mass is 10.1. The van der Waals surface area contributed by atoms with Crippen LogP contribution in [0.4, 0.5) is 13.2 Å². The fourth-order valence-corrected chi connectivity index (χ4v) is 4.74. The first kappa shape index (κ1) is 26.3. The molecule has 0 unspecified atom stereocenters. The fraction of sp³-hybridized carbons (Fsp3) is 0.115. The maximum Gasteiger partial charge on any atom is 0.416 e. The van der Waals surface area contributed by atoms with E-state index in [2.05, 4.69) is 0 Å². The monoisotopic (exact) mass is 549 g/mol. The van der Waals surface area contributed by atoms with Crippen molar-refractivity contribution in [2.45, 2.75) is 24.2 Å². The van der Waals surface area contributed by atoms with Crippen LogP contribution in [0, 0.1) is 0 Å². The molecule has 11 heteroatoms. The third-order valence-corrected chi connectivity index (χ3v) is 6.86. The van der Waals surface area contributed by atoms with Crippen LogP contribution in [0.1, 0.15) is 27.2 Å². The largest absolute Gasteiger partial charge is 0.467 e. The van der Waals surface area contributed by atoms with Crippen LogP contribution in [0.2, 0.25) is 5.02 Å². The van der Waals surface area contributed by atoms with Gasteiger partial charge in [-0.15, -0.1) is 0 Å². The number of carbonyl (C=O) groups is 1. The first-order valence-corrected chi connectivity index (χ1v) is 12.6. The van der Waals surface area contributed by atoms with Crippen LogP contribution < -0.4 is 4.18 Å². The van der Waals surface area contributed by atoms with E-state index in [-0.39, 0.29) is 29.4 Å². The SMILES string of the molecule is O=C(c1ccccc1Cl)N(Cc1ccco1)Cc1ccccc1OS(=O)(=O)c1cccc(C(F)(F)F)c1. The molecule has 0 aliphatic rings. The van der Waals surface area contributed by atoms with Crippen LogP contribution in [0.25, 0.3) is 0 Å². The van der Waals surface area contributed by atoms with Crippen LogP contribution >= 0.6 is 11.6 Å². The maximum absolute atomic E-state index is 13.4. The number of para-hydroxylation sites is 1. The van der Waals surface area contributed by atoms with E-state index in [1.54, 1.807) is 48.5 Å². The highest BCUT2D eigenvalue weighted by Crippen LogP contribution is 2.32. The number of halogens is 4. The van der Waals surface area contributed by atoms with E-state index in [0.29, 0.717) is 17.4 Å². The molecular weight excluding hydrogens is 531 g/mol. The van der Waals surface area contributed by atoms with Gasteiger partial charge in [-0.05, 0) is 48.5 Å². The smallest absolute Gasteiger partial charge is 0.416 e. The van der Waals surface area contributed by atoms with E-state index in [4.69, 9.17) is 20.2 Å². The number of alkyl halides is 3. The zero-order valence-electron chi connectivity index (χ0n) is 19.0. The topological polar surface area (TPSA) is 76.8 Å². The molecule has 3 aromatic carbocycles. The molecule has 4 aromatic rings. The fourth-order valence-electron chi connectivity index (χ4n) is 3.51. The van der Waals surface area contributed by atoms with Gasteiger partial charge < -0.3 is 13.5 Å². The minimum atomic E-state index is -4.73. The molecule has 0 fully saturated rings. The predicted molar refractivity (Wildman–Crippen MR) is 129 cm³/mol. The van der Waals surface area contributed by atoms with Crippen LogP contribution in [-0.2, 0) is 29.4 Å². The number of rotatable bonds is 8. The normalized spacial score (nSPS) is 11.8. The van der Waals surface area contributed by atoms with Crippen molar-refractivity contribution in [3.8, 4) is 5.75 Å². The molecule has 1 aromatic heterocycles. The average Bonchev–Trinajstić information content (AvgIpc) is 3.37. The summed E-state index contributed by atoms with van der Waals surface area (Å²) >= 11 is 6.22. The van der Waals surface area contributed by atoms with Crippen LogP contribution in [-0.4, -0.2) is 19.2 Å². The minimum Gasteiger partial charge on any atom is -0.467 e. The lowest BCUT2D eigenvalue weighted by Gasteiger charge is -2.23. The summed E-state index contributed by atoms with van der Waals surface area (Å²) in [5, 5.41) is 0.230. The number of hydrogen-bond donors (Lipinski definition) is 0. The molecule has 0 saturated carbocycles. The molecule has 1 heterocycles. The van der Waals surface area contributed by atoms with Gasteiger partial charge in [-0.3, -0.25) is 4.79 Å². The zero-order chi connectivity index (χ0) is 26.6. The molecule has 0 atom stereocenters. The van der Waals surface area contributed by atoms with E-state index >= 15 is 0 Å². The second kappa shape index (κ2) is 10.7. The molecule has 1 amide bonds. The molecule has 37 heavy (non-hydrogen) atoms. The Morgan fingerprint density at radius 3 is 2.35 bits per heavy atom. The summed E-state index contributed by atoms with van der Waals surface area (Å²) in [6, 6.07) is 19.1. The minimum absolute atomic E-state index is 0.0335. The van der Waals surface area contributed by atoms with Gasteiger partial charge >= 0.3 is 16.3 Å². The number of furan rings is 1. The summed E-state index contributed by atoms with van der Waals surface area (Å²) in [6.07, 6.45) is -3.28. The van der Waals surface area contributed by atoms with Crippen LogP contribution in [0.3, 0.4) is 0 Å². The van der Waals surface area contributed by atoms with Gasteiger partial charge in [0.05, 0.1) is 35.5 Å². The second-order valence-corrected chi connectivity index (χ2v) is 9.84. The molecule has 0 bridgehead atoms. The number of nitrogens with zero attached hydrogens (tertiary/aromatic N) is 1. The highest BCUT2D eigenvalue weighted by atomic mass is 35.5. The van der Waals surface area contributed by atoms with E-state index in [1.807, 2.05) is 0 Å². The van der Waals surface area contributed by atoms with E-state index in [9.17, 15) is 26.4 Å². The average molecular weight is 550 g/mol. The Labute approximate surface area is 216 Å². The maximum atomic E-state index is 13.4. The quantitative estimate of drug-likeness (QED) is 0.233. The lowest BCUT2D eigenvalue weighted by Crippen LogP contribution is -2.30. The Balaban J connectivity index is 1.66. The molecule has 0 spiro atoms. The van der Waals surface area contributed by atoms with Crippen LogP contribution in [0.15, 0.2) is 101 Å². The second-order valence-electron chi connectivity index (χ2n) is 7.89. The Kier molecular flexibility index (Phi) is 7.60. The van der Waals surface area contributed by atoms with E-state index in [0.717, 1.165) is 18.2 Å². The predicted octanol–water partition coefficient (Wildman–Crippen LogP) is 6.56. The van der Waals surface area contributed by atoms with Crippen molar-refractivity contribution in [1.82, 2.24) is 4.90 Å². The Morgan fingerprint density at radius 2 is 1.65 bits per heavy atom. The summed E-state index contributed by atoms with van der Waals surface area (Å²) in [5.74, 6) is -0.121. The van der Waals surface area contributed by atoms with Crippen LogP contribution in [0.5, 0.6) is 5.75 Å². The van der Waals surface area contributed by atoms with Gasteiger partial charge in [-0.2, -0.15) is 21.6 Å². The molecule has 192 valence electrons. The molecule has 4 rings (SSSR count). The Bertz CT molecular complexity index is 1500. The summed E-state index contributed by atoms with van der Waals surface area (Å²) in [4.78, 5) is 14.1. The number of benzene rings is 3. The highest BCUT2D eigenvalue weighted by molar-refractivity contribution is 7.87. The molecule has 0 N–H and O–H groups in total. The van der Waals surface area contributed by atoms with Gasteiger partial charge in [0.25, 0.3) is 5.91 Å². The molecule has 0 aliphatic heterocycles. The highest BCUT2D eigenvalue weighted by Gasteiger charge is 2.32. The Morgan fingerprint density at radius 1 is 0.919 bits per heavy atom. The number of hydrogen-bond acceptors (Lipinski definition) is 5. The Hall–Kier alpha value is -3.76. The molecule has 6 nitrogen and oxygen atoms in total. The van der Waals surface area contributed by atoms with Gasteiger partial charge in [-0.1, -0.05) is 48.0 Å². The van der Waals surface area contributed by atoms with Crippen molar-refractivity contribution in [2.75, 3.05) is 0 Å². The zero-order valence-corrected chi connectivity index (χ0v) is 20.6. The number of carbonyl (C=O) groups excluding carboxylic acids is 1. The molecule has 0 aliphatic carbocycles. The van der Waals surface area contributed by atoms with Gasteiger partial charge in [0.15, 0.2) is 0 Å². The van der Waals surface area contributed by atoms with Crippen molar-refractivity contribution in [3.05, 3.63) is 119 Å². The van der Waals surface area contributed by atoms with Crippen molar-refractivity contribution in [1.29, 1.82) is 0 Å². The third kappa shape index (κ3) is 6.33. The third-order valence-electron chi connectivity index (χ3n) is 5.30. The van der Waals surface area contributed by atoms with Gasteiger partial charge in [0.2, 0.25) is 0 Å². The van der Waals surface area contributed by atoms with Crippen molar-refractivity contribution in [3.63, 3.8) is 0 Å². The summed E-state index contributed by atoms with van der Waals surface area (Å²) in [6.45, 7) is -0.0786. The van der Waals surface area contributed by atoms with E-state index in [1.165, 1.54) is 23.3 Å². The summed E-state index contributed by atoms with van der Waals surface area (Å²) < 4.78 is 75.7. The lowest BCUT2D eigenvalue weighted by molar-refractivity contribution is -0.137. The van der Waals surface area contributed by atoms with E-state index < -0.39 is 32.7 Å². The van der Waals surface area contributed by atoms with Crippen molar-refractivity contribution in [2.24, 2.45) is 0 Å². The standard InChI is InChI=1S/C26H19ClF3NO5S/c27-23-12-3-2-11-22(23)25(32)31(17-20-9-6-14-35-20)16-18-7-1-4-13-24(18)36-37(33,34)21-10-5-8-19(15-21)26(28,29)30/h1-15H,16-17H2. The molecule has 0 saturated heterocycles. The summed E-state index contributed by atoms with van der Waals surface area (Å²) in [5.41, 5.74) is -0.601. The molecule has 0 radical (unpaired) electrons. The van der Waals surface area contributed by atoms with Gasteiger partial charge in [0, 0.05) is 5.56 Å². The van der Waals surface area contributed by atoms with Gasteiger partial charge in [0.1, 0.15) is 16.4 Å². The first-order chi connectivity index (χ1) is 17.5. The van der Waals surface area contributed by atoms with Gasteiger partial charge in [-0.25, -0.2) is 0 Å². The first-order valence-electron chi connectivity index (χ1n) is 10.8. The number of amides is 1. The molecular formula is C26H19ClF3NO5S. The van der Waals surface area contributed by atoms with Crippen molar-refractivity contribution < 1.29 is 35.0 Å².